The fourth-order valence-electron chi connectivity index (χ4n) is 3.99. The van der Waals surface area contributed by atoms with Crippen molar-refractivity contribution in [2.75, 3.05) is 11.9 Å². The first kappa shape index (κ1) is 19.1. The van der Waals surface area contributed by atoms with Crippen molar-refractivity contribution in [2.45, 2.75) is 44.6 Å². The van der Waals surface area contributed by atoms with Crippen molar-refractivity contribution in [1.29, 1.82) is 0 Å². The second kappa shape index (κ2) is 8.43. The van der Waals surface area contributed by atoms with Crippen molar-refractivity contribution in [2.24, 2.45) is 0 Å². The lowest BCUT2D eigenvalue weighted by molar-refractivity contribution is -0.136. The van der Waals surface area contributed by atoms with Crippen molar-refractivity contribution in [3.8, 4) is 0 Å². The zero-order valence-corrected chi connectivity index (χ0v) is 16.2. The number of nitrogens with zero attached hydrogens (tertiary/aromatic N) is 3. The summed E-state index contributed by atoms with van der Waals surface area (Å²) in [7, 11) is 0. The highest BCUT2D eigenvalue weighted by molar-refractivity contribution is 5.76. The molecule has 150 valence electrons. The van der Waals surface area contributed by atoms with Gasteiger partial charge in [0.1, 0.15) is 5.65 Å². The summed E-state index contributed by atoms with van der Waals surface area (Å²) >= 11 is 0. The lowest BCUT2D eigenvalue weighted by atomic mass is 10.0. The molecule has 1 aliphatic rings. The first-order valence-electron chi connectivity index (χ1n) is 10.0. The van der Waals surface area contributed by atoms with Gasteiger partial charge in [-0.3, -0.25) is 14.2 Å². The van der Waals surface area contributed by atoms with Crippen molar-refractivity contribution < 1.29 is 9.90 Å². The van der Waals surface area contributed by atoms with Gasteiger partial charge < -0.3 is 10.4 Å². The van der Waals surface area contributed by atoms with E-state index in [0.717, 1.165) is 42.2 Å². The first-order valence-corrected chi connectivity index (χ1v) is 10.0. The number of anilines is 1. The third kappa shape index (κ3) is 4.29. The molecule has 3 aromatic rings. The Labute approximate surface area is 168 Å². The maximum Gasteiger partial charge on any atom is 0.305 e. The van der Waals surface area contributed by atoms with Gasteiger partial charge in [-0.1, -0.05) is 43.2 Å². The maximum absolute atomic E-state index is 13.4. The molecule has 0 atom stereocenters. The van der Waals surface area contributed by atoms with E-state index in [0.29, 0.717) is 18.0 Å². The maximum atomic E-state index is 13.4. The van der Waals surface area contributed by atoms with Gasteiger partial charge in [0.15, 0.2) is 0 Å². The van der Waals surface area contributed by atoms with Gasteiger partial charge in [-0.2, -0.15) is 4.98 Å². The number of hydrogen-bond donors (Lipinski definition) is 2. The number of hydrogen-bond acceptors (Lipinski definition) is 5. The number of aliphatic carboxylic acids is 1. The largest absolute Gasteiger partial charge is 0.481 e. The second-order valence-electron chi connectivity index (χ2n) is 7.49. The summed E-state index contributed by atoms with van der Waals surface area (Å²) in [5.41, 5.74) is 2.45. The van der Waals surface area contributed by atoms with Gasteiger partial charge in [-0.15, -0.1) is 0 Å². The zero-order chi connectivity index (χ0) is 20.2. The third-order valence-corrected chi connectivity index (χ3v) is 5.40. The minimum absolute atomic E-state index is 0.00318. The van der Waals surface area contributed by atoms with E-state index in [4.69, 9.17) is 5.11 Å². The lowest BCUT2D eigenvalue weighted by Gasteiger charge is -2.18. The van der Waals surface area contributed by atoms with Crippen LogP contribution in [0.1, 0.15) is 49.3 Å². The smallest absolute Gasteiger partial charge is 0.305 e. The van der Waals surface area contributed by atoms with E-state index < -0.39 is 5.97 Å². The zero-order valence-electron chi connectivity index (χ0n) is 16.2. The molecule has 2 N–H and O–H groups in total. The first-order chi connectivity index (χ1) is 14.1. The molecular formula is C22H24N4O3. The Hall–Kier alpha value is -3.22. The highest BCUT2D eigenvalue weighted by Gasteiger charge is 2.22. The summed E-state index contributed by atoms with van der Waals surface area (Å²) in [6.45, 7) is 0.237. The van der Waals surface area contributed by atoms with Gasteiger partial charge in [0.25, 0.3) is 5.56 Å². The summed E-state index contributed by atoms with van der Waals surface area (Å²) in [6, 6.07) is 12.0. The average Bonchev–Trinajstić information content (AvgIpc) is 3.23. The van der Waals surface area contributed by atoms with Crippen LogP contribution in [0.15, 0.2) is 47.4 Å². The standard InChI is InChI=1S/C22H24N4O3/c27-19(28)10-11-23-22-24-14-17-13-16(12-15-6-2-1-3-7-15)21(29)26(20(17)25-22)18-8-4-5-9-18/h1-3,6-7,13-14,18H,4-5,8-12H2,(H,27,28)(H,23,24,25). The number of aromatic nitrogens is 3. The van der Waals surface area contributed by atoms with E-state index in [1.165, 1.54) is 0 Å². The topological polar surface area (TPSA) is 97.1 Å². The molecule has 2 heterocycles. The van der Waals surface area contributed by atoms with Crippen LogP contribution in [-0.4, -0.2) is 32.2 Å². The number of nitrogens with one attached hydrogen (secondary N) is 1. The molecule has 0 amide bonds. The molecule has 0 saturated heterocycles. The molecule has 0 unspecified atom stereocenters. The summed E-state index contributed by atoms with van der Waals surface area (Å²) in [5.74, 6) is -0.535. The Morgan fingerprint density at radius 2 is 1.97 bits per heavy atom. The number of benzene rings is 1. The van der Waals surface area contributed by atoms with Gasteiger partial charge in [-0.05, 0) is 24.5 Å². The Morgan fingerprint density at radius 1 is 1.21 bits per heavy atom. The Morgan fingerprint density at radius 3 is 2.69 bits per heavy atom. The van der Waals surface area contributed by atoms with E-state index in [1.54, 1.807) is 6.20 Å². The monoisotopic (exact) mass is 392 g/mol. The summed E-state index contributed by atoms with van der Waals surface area (Å²) < 4.78 is 1.84. The quantitative estimate of drug-likeness (QED) is 0.640. The minimum atomic E-state index is -0.883. The van der Waals surface area contributed by atoms with Crippen LogP contribution in [0.3, 0.4) is 0 Å². The van der Waals surface area contributed by atoms with Crippen molar-refractivity contribution in [3.05, 3.63) is 64.1 Å². The number of carboxylic acids is 1. The molecule has 1 aliphatic carbocycles. The molecular weight excluding hydrogens is 368 g/mol. The lowest BCUT2D eigenvalue weighted by Crippen LogP contribution is -2.28. The Kier molecular flexibility index (Phi) is 5.55. The predicted octanol–water partition coefficient (Wildman–Crippen LogP) is 3.38. The van der Waals surface area contributed by atoms with E-state index in [2.05, 4.69) is 15.3 Å². The predicted molar refractivity (Wildman–Crippen MR) is 111 cm³/mol. The second-order valence-corrected chi connectivity index (χ2v) is 7.49. The minimum Gasteiger partial charge on any atom is -0.481 e. The number of rotatable bonds is 7. The van der Waals surface area contributed by atoms with Crippen molar-refractivity contribution in [3.63, 3.8) is 0 Å². The van der Waals surface area contributed by atoms with Crippen LogP contribution >= 0.6 is 0 Å². The van der Waals surface area contributed by atoms with Crippen LogP contribution in [0.25, 0.3) is 11.0 Å². The van der Waals surface area contributed by atoms with E-state index >= 15 is 0 Å². The van der Waals surface area contributed by atoms with Crippen LogP contribution in [0.4, 0.5) is 5.95 Å². The van der Waals surface area contributed by atoms with Gasteiger partial charge >= 0.3 is 5.97 Å². The van der Waals surface area contributed by atoms with Crippen LogP contribution in [0, 0.1) is 0 Å². The number of carbonyl (C=O) groups is 1. The molecule has 7 nitrogen and oxygen atoms in total. The molecule has 7 heteroatoms. The SMILES string of the molecule is O=C(O)CCNc1ncc2cc(Cc3ccccc3)c(=O)n(C3CCCC3)c2n1. The van der Waals surface area contributed by atoms with Gasteiger partial charge in [0.2, 0.25) is 5.95 Å². The highest BCUT2D eigenvalue weighted by atomic mass is 16.4. The highest BCUT2D eigenvalue weighted by Crippen LogP contribution is 2.31. The van der Waals surface area contributed by atoms with Crippen LogP contribution < -0.4 is 10.9 Å². The van der Waals surface area contributed by atoms with E-state index in [-0.39, 0.29) is 24.6 Å². The molecule has 1 saturated carbocycles. The number of carboxylic acid groups (broad SMARTS) is 1. The Balaban J connectivity index is 1.76. The normalized spacial score (nSPS) is 14.3. The van der Waals surface area contributed by atoms with E-state index in [1.807, 2.05) is 41.0 Å². The molecule has 1 fully saturated rings. The van der Waals surface area contributed by atoms with E-state index in [9.17, 15) is 9.59 Å². The molecule has 0 spiro atoms. The van der Waals surface area contributed by atoms with Crippen molar-refractivity contribution in [1.82, 2.24) is 14.5 Å². The average molecular weight is 392 g/mol. The van der Waals surface area contributed by atoms with Gasteiger partial charge in [0, 0.05) is 36.2 Å². The molecule has 4 rings (SSSR count). The molecule has 0 bridgehead atoms. The molecule has 0 radical (unpaired) electrons. The number of fused-ring (bicyclic) bond motifs is 1. The summed E-state index contributed by atoms with van der Waals surface area (Å²) in [4.78, 5) is 33.0. The van der Waals surface area contributed by atoms with Crippen LogP contribution in [-0.2, 0) is 11.2 Å². The number of pyridine rings is 1. The van der Waals surface area contributed by atoms with Gasteiger partial charge in [0.05, 0.1) is 6.42 Å². The van der Waals surface area contributed by atoms with Crippen molar-refractivity contribution >= 4 is 23.0 Å². The molecule has 0 aliphatic heterocycles. The molecule has 2 aromatic heterocycles. The summed E-state index contributed by atoms with van der Waals surface area (Å²) in [6.07, 6.45) is 6.41. The summed E-state index contributed by atoms with van der Waals surface area (Å²) in [5, 5.41) is 12.6. The molecule has 29 heavy (non-hydrogen) atoms. The fraction of sp³-hybridized carbons (Fsp3) is 0.364. The van der Waals surface area contributed by atoms with Crippen LogP contribution in [0.5, 0.6) is 0 Å². The van der Waals surface area contributed by atoms with Gasteiger partial charge in [-0.25, -0.2) is 4.98 Å². The Bertz CT molecular complexity index is 1070. The fourth-order valence-corrected chi connectivity index (χ4v) is 3.99. The van der Waals surface area contributed by atoms with Crippen LogP contribution in [0.2, 0.25) is 0 Å². The third-order valence-electron chi connectivity index (χ3n) is 5.40. The molecule has 1 aromatic carbocycles.